The lowest BCUT2D eigenvalue weighted by Gasteiger charge is -2.36. The van der Waals surface area contributed by atoms with Gasteiger partial charge in [0.2, 0.25) is 0 Å². The van der Waals surface area contributed by atoms with Crippen molar-refractivity contribution in [3.05, 3.63) is 60.1 Å². The monoisotopic (exact) mass is 312 g/mol. The summed E-state index contributed by atoms with van der Waals surface area (Å²) in [5.74, 6) is 1.87. The number of rotatable bonds is 4. The van der Waals surface area contributed by atoms with E-state index < -0.39 is 0 Å². The van der Waals surface area contributed by atoms with E-state index in [1.165, 1.54) is 5.56 Å². The topological polar surface area (TPSA) is 44.0 Å². The van der Waals surface area contributed by atoms with Gasteiger partial charge in [-0.25, -0.2) is 0 Å². The van der Waals surface area contributed by atoms with Gasteiger partial charge in [-0.3, -0.25) is 9.89 Å². The quantitative estimate of drug-likeness (QED) is 0.694. The standard InChI is InChI=1S/C18H24N4O/c1-19-18(20-14-17-8-5-13-23-17)22-11-9-21(10-12-22)15-16-6-3-2-4-7-16/h2-8,13H,9-12,14-15H2,1H3,(H,19,20). The van der Waals surface area contributed by atoms with Crippen LogP contribution in [0.2, 0.25) is 0 Å². The fraction of sp³-hybridized carbons (Fsp3) is 0.389. The summed E-state index contributed by atoms with van der Waals surface area (Å²) in [6.45, 7) is 5.78. The molecule has 122 valence electrons. The van der Waals surface area contributed by atoms with Gasteiger partial charge < -0.3 is 14.6 Å². The van der Waals surface area contributed by atoms with Crippen LogP contribution in [0.1, 0.15) is 11.3 Å². The summed E-state index contributed by atoms with van der Waals surface area (Å²) in [5, 5.41) is 3.37. The number of hydrogen-bond acceptors (Lipinski definition) is 3. The van der Waals surface area contributed by atoms with Crippen molar-refractivity contribution in [1.29, 1.82) is 0 Å². The molecule has 5 heteroatoms. The Morgan fingerprint density at radius 3 is 2.52 bits per heavy atom. The van der Waals surface area contributed by atoms with Gasteiger partial charge in [-0.15, -0.1) is 0 Å². The maximum Gasteiger partial charge on any atom is 0.194 e. The van der Waals surface area contributed by atoms with Crippen LogP contribution in [0.3, 0.4) is 0 Å². The van der Waals surface area contributed by atoms with Crippen LogP contribution < -0.4 is 5.32 Å². The van der Waals surface area contributed by atoms with Crippen LogP contribution in [-0.4, -0.2) is 49.0 Å². The third-order valence-electron chi connectivity index (χ3n) is 4.13. The van der Waals surface area contributed by atoms with Crippen molar-refractivity contribution in [2.75, 3.05) is 33.2 Å². The molecule has 23 heavy (non-hydrogen) atoms. The lowest BCUT2D eigenvalue weighted by atomic mass is 10.2. The van der Waals surface area contributed by atoms with Gasteiger partial charge >= 0.3 is 0 Å². The Morgan fingerprint density at radius 2 is 1.87 bits per heavy atom. The van der Waals surface area contributed by atoms with Crippen LogP contribution in [0.15, 0.2) is 58.1 Å². The molecule has 0 spiro atoms. The van der Waals surface area contributed by atoms with E-state index in [1.807, 2.05) is 19.2 Å². The second-order valence-corrected chi connectivity index (χ2v) is 5.73. The van der Waals surface area contributed by atoms with Crippen molar-refractivity contribution in [3.8, 4) is 0 Å². The van der Waals surface area contributed by atoms with Crippen LogP contribution in [0.4, 0.5) is 0 Å². The van der Waals surface area contributed by atoms with Crippen molar-refractivity contribution < 1.29 is 4.42 Å². The van der Waals surface area contributed by atoms with Crippen LogP contribution in [-0.2, 0) is 13.1 Å². The third kappa shape index (κ3) is 4.36. The number of aliphatic imine (C=N–C) groups is 1. The molecule has 1 aromatic heterocycles. The minimum absolute atomic E-state index is 0.671. The molecule has 3 rings (SSSR count). The second-order valence-electron chi connectivity index (χ2n) is 5.73. The molecular weight excluding hydrogens is 288 g/mol. The molecule has 2 aromatic rings. The smallest absolute Gasteiger partial charge is 0.194 e. The normalized spacial score (nSPS) is 16.6. The number of guanidine groups is 1. The van der Waals surface area contributed by atoms with E-state index in [1.54, 1.807) is 6.26 Å². The van der Waals surface area contributed by atoms with Crippen molar-refractivity contribution >= 4 is 5.96 Å². The zero-order valence-electron chi connectivity index (χ0n) is 13.6. The summed E-state index contributed by atoms with van der Waals surface area (Å²) in [6, 6.07) is 14.5. The van der Waals surface area contributed by atoms with Gasteiger partial charge in [0.15, 0.2) is 5.96 Å². The number of nitrogens with one attached hydrogen (secondary N) is 1. The minimum atomic E-state index is 0.671. The average molecular weight is 312 g/mol. The minimum Gasteiger partial charge on any atom is -0.467 e. The van der Waals surface area contributed by atoms with Gasteiger partial charge in [-0.05, 0) is 17.7 Å². The Hall–Kier alpha value is -2.27. The fourth-order valence-corrected chi connectivity index (χ4v) is 2.87. The highest BCUT2D eigenvalue weighted by Gasteiger charge is 2.19. The molecule has 1 aliphatic heterocycles. The number of furan rings is 1. The molecule has 0 bridgehead atoms. The highest BCUT2D eigenvalue weighted by atomic mass is 16.3. The average Bonchev–Trinajstić information content (AvgIpc) is 3.11. The molecule has 1 aliphatic rings. The number of hydrogen-bond donors (Lipinski definition) is 1. The Kier molecular flexibility index (Phi) is 5.32. The number of benzene rings is 1. The lowest BCUT2D eigenvalue weighted by Crippen LogP contribution is -2.52. The van der Waals surface area contributed by atoms with Gasteiger partial charge in [-0.1, -0.05) is 30.3 Å². The summed E-state index contributed by atoms with van der Waals surface area (Å²) in [7, 11) is 1.83. The Morgan fingerprint density at radius 1 is 1.09 bits per heavy atom. The first-order chi connectivity index (χ1) is 11.3. The SMILES string of the molecule is CN=C(NCc1ccco1)N1CCN(Cc2ccccc2)CC1. The number of piperazine rings is 1. The Bertz CT molecular complexity index is 601. The van der Waals surface area contributed by atoms with Crippen molar-refractivity contribution in [2.45, 2.75) is 13.1 Å². The van der Waals surface area contributed by atoms with E-state index in [0.29, 0.717) is 6.54 Å². The van der Waals surface area contributed by atoms with Gasteiger partial charge in [0.25, 0.3) is 0 Å². The largest absolute Gasteiger partial charge is 0.467 e. The predicted octanol–water partition coefficient (Wildman–Crippen LogP) is 2.17. The molecule has 2 heterocycles. The van der Waals surface area contributed by atoms with E-state index in [4.69, 9.17) is 4.42 Å². The highest BCUT2D eigenvalue weighted by molar-refractivity contribution is 5.79. The first kappa shape index (κ1) is 15.6. The Labute approximate surface area is 137 Å². The third-order valence-corrected chi connectivity index (χ3v) is 4.13. The van der Waals surface area contributed by atoms with Crippen LogP contribution in [0, 0.1) is 0 Å². The van der Waals surface area contributed by atoms with E-state index in [-0.39, 0.29) is 0 Å². The van der Waals surface area contributed by atoms with Crippen molar-refractivity contribution in [3.63, 3.8) is 0 Å². The summed E-state index contributed by atoms with van der Waals surface area (Å²) < 4.78 is 5.35. The van der Waals surface area contributed by atoms with Crippen LogP contribution in [0.5, 0.6) is 0 Å². The molecule has 1 saturated heterocycles. The predicted molar refractivity (Wildman–Crippen MR) is 92.2 cm³/mol. The van der Waals surface area contributed by atoms with E-state index >= 15 is 0 Å². The van der Waals surface area contributed by atoms with Gasteiger partial charge in [-0.2, -0.15) is 0 Å². The van der Waals surface area contributed by atoms with Crippen molar-refractivity contribution in [2.24, 2.45) is 4.99 Å². The zero-order valence-corrected chi connectivity index (χ0v) is 13.6. The lowest BCUT2D eigenvalue weighted by molar-refractivity contribution is 0.172. The van der Waals surface area contributed by atoms with E-state index in [0.717, 1.165) is 44.4 Å². The van der Waals surface area contributed by atoms with Gasteiger partial charge in [0.05, 0.1) is 12.8 Å². The first-order valence-electron chi connectivity index (χ1n) is 8.09. The molecular formula is C18H24N4O. The first-order valence-corrected chi connectivity index (χ1v) is 8.09. The summed E-state index contributed by atoms with van der Waals surface area (Å²) >= 11 is 0. The number of nitrogens with zero attached hydrogens (tertiary/aromatic N) is 3. The molecule has 0 amide bonds. The van der Waals surface area contributed by atoms with Gasteiger partial charge in [0.1, 0.15) is 5.76 Å². The molecule has 5 nitrogen and oxygen atoms in total. The summed E-state index contributed by atoms with van der Waals surface area (Å²) in [6.07, 6.45) is 1.70. The van der Waals surface area contributed by atoms with Crippen LogP contribution >= 0.6 is 0 Å². The molecule has 1 aromatic carbocycles. The maximum atomic E-state index is 5.35. The maximum absolute atomic E-state index is 5.35. The van der Waals surface area contributed by atoms with Gasteiger partial charge in [0, 0.05) is 39.8 Å². The Balaban J connectivity index is 1.47. The molecule has 0 aliphatic carbocycles. The highest BCUT2D eigenvalue weighted by Crippen LogP contribution is 2.09. The molecule has 0 unspecified atom stereocenters. The fourth-order valence-electron chi connectivity index (χ4n) is 2.87. The van der Waals surface area contributed by atoms with Crippen LogP contribution in [0.25, 0.3) is 0 Å². The van der Waals surface area contributed by atoms with Crippen molar-refractivity contribution in [1.82, 2.24) is 15.1 Å². The molecule has 0 saturated carbocycles. The van der Waals surface area contributed by atoms with E-state index in [9.17, 15) is 0 Å². The molecule has 1 N–H and O–H groups in total. The summed E-state index contributed by atoms with van der Waals surface area (Å²) in [5.41, 5.74) is 1.38. The van der Waals surface area contributed by atoms with E-state index in [2.05, 4.69) is 50.4 Å². The molecule has 1 fully saturated rings. The second kappa shape index (κ2) is 7.83. The summed E-state index contributed by atoms with van der Waals surface area (Å²) in [4.78, 5) is 9.19. The zero-order chi connectivity index (χ0) is 15.9. The molecule has 0 atom stereocenters. The molecule has 0 radical (unpaired) electrons.